The lowest BCUT2D eigenvalue weighted by molar-refractivity contribution is 0.0514. The summed E-state index contributed by atoms with van der Waals surface area (Å²) in [6.07, 6.45) is 1.62. The molecular formula is C23H21FN2O4. The van der Waals surface area contributed by atoms with Crippen LogP contribution in [0.15, 0.2) is 48.7 Å². The van der Waals surface area contributed by atoms with Gasteiger partial charge in [-0.2, -0.15) is 0 Å². The lowest BCUT2D eigenvalue weighted by Crippen LogP contribution is -2.11. The summed E-state index contributed by atoms with van der Waals surface area (Å²) in [7, 11) is 1.57. The monoisotopic (exact) mass is 408 g/mol. The summed E-state index contributed by atoms with van der Waals surface area (Å²) < 4.78 is 29.8. The molecule has 0 spiro atoms. The minimum atomic E-state index is -0.487. The summed E-state index contributed by atoms with van der Waals surface area (Å²) in [5, 5.41) is 1.71. The van der Waals surface area contributed by atoms with Crippen LogP contribution in [-0.2, 0) is 22.7 Å². The first kappa shape index (κ1) is 19.8. The summed E-state index contributed by atoms with van der Waals surface area (Å²) in [6.45, 7) is 2.46. The number of methoxy groups -OCH3 is 1. The maximum Gasteiger partial charge on any atom is 0.357 e. The molecule has 0 radical (unpaired) electrons. The number of aromatic nitrogens is 2. The third-order valence-corrected chi connectivity index (χ3v) is 4.76. The average Bonchev–Trinajstić information content (AvgIpc) is 3.11. The van der Waals surface area contributed by atoms with E-state index < -0.39 is 5.97 Å². The molecule has 0 aliphatic carbocycles. The van der Waals surface area contributed by atoms with E-state index >= 15 is 0 Å². The van der Waals surface area contributed by atoms with Crippen LogP contribution in [0.25, 0.3) is 21.8 Å². The summed E-state index contributed by atoms with van der Waals surface area (Å²) >= 11 is 0. The van der Waals surface area contributed by atoms with Crippen LogP contribution in [0.5, 0.6) is 5.75 Å². The van der Waals surface area contributed by atoms with Crippen molar-refractivity contribution in [1.82, 2.24) is 9.97 Å². The Kier molecular flexibility index (Phi) is 5.63. The van der Waals surface area contributed by atoms with Gasteiger partial charge in [-0.1, -0.05) is 12.1 Å². The smallest absolute Gasteiger partial charge is 0.357 e. The molecule has 154 valence electrons. The van der Waals surface area contributed by atoms with Crippen LogP contribution in [0.4, 0.5) is 4.39 Å². The van der Waals surface area contributed by atoms with E-state index in [-0.39, 0.29) is 31.3 Å². The minimum absolute atomic E-state index is 0.208. The predicted molar refractivity (Wildman–Crippen MR) is 111 cm³/mol. The Labute approximate surface area is 172 Å². The van der Waals surface area contributed by atoms with E-state index in [1.54, 1.807) is 32.4 Å². The van der Waals surface area contributed by atoms with Crippen LogP contribution in [0, 0.1) is 5.82 Å². The zero-order chi connectivity index (χ0) is 21.1. The molecule has 0 atom stereocenters. The molecule has 1 N–H and O–H groups in total. The second-order valence-electron chi connectivity index (χ2n) is 6.78. The van der Waals surface area contributed by atoms with E-state index in [1.807, 2.05) is 18.2 Å². The Morgan fingerprint density at radius 3 is 2.77 bits per heavy atom. The Bertz CT molecular complexity index is 1220. The van der Waals surface area contributed by atoms with Gasteiger partial charge >= 0.3 is 5.97 Å². The first-order chi connectivity index (χ1) is 14.6. The largest absolute Gasteiger partial charge is 0.489 e. The van der Waals surface area contributed by atoms with E-state index in [0.717, 1.165) is 27.4 Å². The number of carbonyl (C=O) groups is 1. The molecule has 0 saturated heterocycles. The summed E-state index contributed by atoms with van der Waals surface area (Å²) in [5.74, 6) is -0.156. The summed E-state index contributed by atoms with van der Waals surface area (Å²) in [6, 6.07) is 11.9. The number of rotatable bonds is 7. The van der Waals surface area contributed by atoms with Crippen LogP contribution >= 0.6 is 0 Å². The molecule has 4 rings (SSSR count). The number of hydrogen-bond donors (Lipinski definition) is 1. The van der Waals surface area contributed by atoms with Gasteiger partial charge in [0, 0.05) is 29.0 Å². The van der Waals surface area contributed by atoms with Gasteiger partial charge in [0.2, 0.25) is 0 Å². The molecule has 0 aliphatic rings. The highest BCUT2D eigenvalue weighted by atomic mass is 19.1. The van der Waals surface area contributed by atoms with E-state index in [9.17, 15) is 9.18 Å². The highest BCUT2D eigenvalue weighted by Crippen LogP contribution is 2.33. The number of nitrogens with zero attached hydrogens (tertiary/aromatic N) is 1. The second-order valence-corrected chi connectivity index (χ2v) is 6.78. The molecule has 6 nitrogen and oxygen atoms in total. The third kappa shape index (κ3) is 3.84. The van der Waals surface area contributed by atoms with Crippen LogP contribution < -0.4 is 4.74 Å². The molecule has 2 heterocycles. The van der Waals surface area contributed by atoms with Gasteiger partial charge in [0.15, 0.2) is 5.69 Å². The number of ether oxygens (including phenoxy) is 3. The van der Waals surface area contributed by atoms with Gasteiger partial charge in [-0.25, -0.2) is 14.2 Å². The van der Waals surface area contributed by atoms with Crippen molar-refractivity contribution in [1.29, 1.82) is 0 Å². The third-order valence-electron chi connectivity index (χ3n) is 4.76. The molecular weight excluding hydrogens is 387 g/mol. The van der Waals surface area contributed by atoms with E-state index in [0.29, 0.717) is 11.3 Å². The number of hydrogen-bond acceptors (Lipinski definition) is 5. The van der Waals surface area contributed by atoms with Crippen molar-refractivity contribution in [3.63, 3.8) is 0 Å². The molecule has 30 heavy (non-hydrogen) atoms. The van der Waals surface area contributed by atoms with Crippen LogP contribution in [-0.4, -0.2) is 29.7 Å². The highest BCUT2D eigenvalue weighted by molar-refractivity contribution is 6.11. The number of carbonyl (C=O) groups excluding carboxylic acids is 1. The lowest BCUT2D eigenvalue weighted by atomic mass is 10.1. The molecule has 0 amide bonds. The van der Waals surface area contributed by atoms with Gasteiger partial charge in [-0.3, -0.25) is 0 Å². The molecule has 7 heteroatoms. The first-order valence-electron chi connectivity index (χ1n) is 9.57. The van der Waals surface area contributed by atoms with E-state index in [2.05, 4.69) is 9.97 Å². The van der Waals surface area contributed by atoms with Gasteiger partial charge in [0.25, 0.3) is 0 Å². The first-order valence-corrected chi connectivity index (χ1v) is 9.57. The number of pyridine rings is 1. The van der Waals surface area contributed by atoms with Crippen molar-refractivity contribution in [3.8, 4) is 5.75 Å². The highest BCUT2D eigenvalue weighted by Gasteiger charge is 2.20. The maximum absolute atomic E-state index is 13.4. The SMILES string of the molecule is CCOC(=O)c1ncc2[nH]c3ccc(OCc4cccc(F)c4)cc3c2c1COC. The molecule has 0 bridgehead atoms. The van der Waals surface area contributed by atoms with Crippen molar-refractivity contribution in [2.45, 2.75) is 20.1 Å². The second kappa shape index (κ2) is 8.51. The van der Waals surface area contributed by atoms with Crippen molar-refractivity contribution >= 4 is 27.8 Å². The summed E-state index contributed by atoms with van der Waals surface area (Å²) in [5.41, 5.74) is 3.29. The van der Waals surface area contributed by atoms with Gasteiger partial charge in [-0.05, 0) is 42.8 Å². The normalized spacial score (nSPS) is 11.2. The molecule has 0 saturated carbocycles. The Morgan fingerprint density at radius 1 is 1.13 bits per heavy atom. The van der Waals surface area contributed by atoms with Crippen molar-refractivity contribution < 1.29 is 23.4 Å². The van der Waals surface area contributed by atoms with Crippen molar-refractivity contribution in [3.05, 3.63) is 71.3 Å². The fourth-order valence-electron chi connectivity index (χ4n) is 3.48. The molecule has 2 aromatic heterocycles. The number of aromatic amines is 1. The van der Waals surface area contributed by atoms with Crippen LogP contribution in [0.2, 0.25) is 0 Å². The van der Waals surface area contributed by atoms with Crippen molar-refractivity contribution in [2.75, 3.05) is 13.7 Å². The number of nitrogens with one attached hydrogen (secondary N) is 1. The molecule has 0 fully saturated rings. The van der Waals surface area contributed by atoms with Gasteiger partial charge in [0.05, 0.1) is 24.9 Å². The van der Waals surface area contributed by atoms with Gasteiger partial charge < -0.3 is 19.2 Å². The number of benzene rings is 2. The van der Waals surface area contributed by atoms with E-state index in [4.69, 9.17) is 14.2 Å². The fraction of sp³-hybridized carbons (Fsp3) is 0.217. The number of fused-ring (bicyclic) bond motifs is 3. The Morgan fingerprint density at radius 2 is 2.00 bits per heavy atom. The molecule has 0 unspecified atom stereocenters. The molecule has 0 aliphatic heterocycles. The zero-order valence-electron chi connectivity index (χ0n) is 16.7. The standard InChI is InChI=1S/C23H21FN2O4/c1-3-29-23(27)22-18(13-28-2)21-17-10-16(7-8-19(17)26-20(21)11-25-22)30-12-14-5-4-6-15(24)9-14/h4-11,26H,3,12-13H2,1-2H3. The van der Waals surface area contributed by atoms with E-state index in [1.165, 1.54) is 12.1 Å². The van der Waals surface area contributed by atoms with Gasteiger partial charge in [0.1, 0.15) is 18.2 Å². The predicted octanol–water partition coefficient (Wildman–Crippen LogP) is 4.76. The quantitative estimate of drug-likeness (QED) is 0.447. The van der Waals surface area contributed by atoms with Crippen LogP contribution in [0.1, 0.15) is 28.5 Å². The maximum atomic E-state index is 13.4. The lowest BCUT2D eigenvalue weighted by Gasteiger charge is -2.10. The number of H-pyrrole nitrogens is 1. The van der Waals surface area contributed by atoms with Crippen LogP contribution in [0.3, 0.4) is 0 Å². The fourth-order valence-corrected chi connectivity index (χ4v) is 3.48. The average molecular weight is 408 g/mol. The summed E-state index contributed by atoms with van der Waals surface area (Å²) in [4.78, 5) is 20.0. The number of esters is 1. The van der Waals surface area contributed by atoms with Gasteiger partial charge in [-0.15, -0.1) is 0 Å². The number of halogens is 1. The zero-order valence-corrected chi connectivity index (χ0v) is 16.7. The Balaban J connectivity index is 1.76. The Hall–Kier alpha value is -3.45. The molecule has 4 aromatic rings. The topological polar surface area (TPSA) is 73.4 Å². The minimum Gasteiger partial charge on any atom is -0.489 e. The van der Waals surface area contributed by atoms with Crippen molar-refractivity contribution in [2.24, 2.45) is 0 Å². The molecule has 2 aromatic carbocycles.